The van der Waals surface area contributed by atoms with Crippen LogP contribution < -0.4 is 24.8 Å². The van der Waals surface area contributed by atoms with Crippen LogP contribution in [-0.4, -0.2) is 3.81 Å². The molecule has 2 aliphatic rings. The van der Waals surface area contributed by atoms with Crippen molar-refractivity contribution < 1.29 is 44.8 Å². The van der Waals surface area contributed by atoms with Gasteiger partial charge in [0.05, 0.1) is 0 Å². The minimum atomic E-state index is 0. The fraction of sp³-hybridized carbons (Fsp3) is 0.281. The number of rotatable bonds is 3. The normalized spacial score (nSPS) is 11.9. The van der Waals surface area contributed by atoms with E-state index in [9.17, 15) is 0 Å². The largest absolute Gasteiger partial charge is 1.00 e. The van der Waals surface area contributed by atoms with Crippen molar-refractivity contribution in [1.82, 2.24) is 0 Å². The summed E-state index contributed by atoms with van der Waals surface area (Å²) in [5.74, 6) is 1.16. The summed E-state index contributed by atoms with van der Waals surface area (Å²) in [4.78, 5) is 0. The molecule has 3 aromatic carbocycles. The summed E-state index contributed by atoms with van der Waals surface area (Å²) < 4.78 is 1.37. The molecule has 0 nitrogen and oxygen atoms in total. The molecule has 0 aromatic heterocycles. The Kier molecular flexibility index (Phi) is 13.8. The first kappa shape index (κ1) is 31.3. The van der Waals surface area contributed by atoms with E-state index < -0.39 is 0 Å². The van der Waals surface area contributed by atoms with Gasteiger partial charge in [-0.25, -0.2) is 12.2 Å². The monoisotopic (exact) mass is 536 g/mol. The van der Waals surface area contributed by atoms with Crippen LogP contribution in [-0.2, 0) is 26.4 Å². The van der Waals surface area contributed by atoms with Crippen molar-refractivity contribution >= 4 is 3.81 Å². The molecule has 3 heteroatoms. The van der Waals surface area contributed by atoms with Gasteiger partial charge in [-0.2, -0.15) is 35.4 Å². The first-order chi connectivity index (χ1) is 15.9. The molecular formula is C32H34Cl2Ti-2. The van der Waals surface area contributed by atoms with E-state index in [-0.39, 0.29) is 24.8 Å². The second-order valence-electron chi connectivity index (χ2n) is 9.22. The summed E-state index contributed by atoms with van der Waals surface area (Å²) in [5, 5.41) is 0. The molecule has 0 aliphatic heterocycles. The van der Waals surface area contributed by atoms with E-state index in [1.807, 2.05) is 18.2 Å². The SMILES string of the molecule is CC(C)c1c[c-]c2c(c1)-c1cc(C(C)C)ccc1C2.C[C](=[Ti+2])c1ccccc1.[C-]1=CC=CC1.[Cl-].[Cl-]. The van der Waals surface area contributed by atoms with E-state index in [1.165, 1.54) is 42.8 Å². The quantitative estimate of drug-likeness (QED) is 0.278. The molecule has 0 N–H and O–H groups in total. The Hall–Kier alpha value is -1.70. The Morgan fingerprint density at radius 2 is 1.51 bits per heavy atom. The van der Waals surface area contributed by atoms with Gasteiger partial charge in [0.2, 0.25) is 0 Å². The van der Waals surface area contributed by atoms with Crippen LogP contribution in [0.4, 0.5) is 0 Å². The maximum atomic E-state index is 3.49. The molecule has 182 valence electrons. The molecular weight excluding hydrogens is 503 g/mol. The van der Waals surface area contributed by atoms with Crippen molar-refractivity contribution in [1.29, 1.82) is 0 Å². The third-order valence-corrected chi connectivity index (χ3v) is 6.42. The topological polar surface area (TPSA) is 0 Å². The van der Waals surface area contributed by atoms with Crippen molar-refractivity contribution in [3.63, 3.8) is 0 Å². The third kappa shape index (κ3) is 9.03. The summed E-state index contributed by atoms with van der Waals surface area (Å²) in [7, 11) is 0. The van der Waals surface area contributed by atoms with E-state index in [1.54, 1.807) is 0 Å². The Bertz CT molecular complexity index is 1080. The summed E-state index contributed by atoms with van der Waals surface area (Å²) in [5.41, 5.74) is 9.81. The predicted octanol–water partition coefficient (Wildman–Crippen LogP) is 2.39. The molecule has 0 spiro atoms. The van der Waals surface area contributed by atoms with Crippen LogP contribution in [0.2, 0.25) is 0 Å². The van der Waals surface area contributed by atoms with Crippen LogP contribution in [0.25, 0.3) is 11.1 Å². The molecule has 35 heavy (non-hydrogen) atoms. The van der Waals surface area contributed by atoms with Gasteiger partial charge in [0.15, 0.2) is 0 Å². The average Bonchev–Trinajstić information content (AvgIpc) is 3.51. The molecule has 0 atom stereocenters. The zero-order valence-corrected chi connectivity index (χ0v) is 24.4. The summed E-state index contributed by atoms with van der Waals surface area (Å²) >= 11 is 2.12. The van der Waals surface area contributed by atoms with Gasteiger partial charge in [-0.05, 0) is 17.9 Å². The van der Waals surface area contributed by atoms with Crippen LogP contribution in [0.15, 0.2) is 78.9 Å². The van der Waals surface area contributed by atoms with Crippen LogP contribution in [0.1, 0.15) is 80.7 Å². The summed E-state index contributed by atoms with van der Waals surface area (Å²) in [6.45, 7) is 11.1. The van der Waals surface area contributed by atoms with Crippen molar-refractivity contribution in [2.24, 2.45) is 0 Å². The maximum absolute atomic E-state index is 3.49. The Morgan fingerprint density at radius 3 is 2.00 bits per heavy atom. The molecule has 5 rings (SSSR count). The van der Waals surface area contributed by atoms with Crippen molar-refractivity contribution in [2.45, 2.75) is 59.3 Å². The minimum Gasteiger partial charge on any atom is -1.00 e. The van der Waals surface area contributed by atoms with Crippen LogP contribution >= 0.6 is 0 Å². The summed E-state index contributed by atoms with van der Waals surface area (Å²) in [6.07, 6.45) is 11.0. The van der Waals surface area contributed by atoms with Gasteiger partial charge < -0.3 is 24.8 Å². The predicted molar refractivity (Wildman–Crippen MR) is 139 cm³/mol. The van der Waals surface area contributed by atoms with Crippen LogP contribution in [0.5, 0.6) is 0 Å². The smallest absolute Gasteiger partial charge is 0.109 e. The molecule has 0 amide bonds. The molecule has 0 fully saturated rings. The van der Waals surface area contributed by atoms with Gasteiger partial charge in [0, 0.05) is 0 Å². The number of fused-ring (bicyclic) bond motifs is 3. The van der Waals surface area contributed by atoms with Crippen molar-refractivity contribution in [3.05, 3.63) is 119 Å². The van der Waals surface area contributed by atoms with E-state index in [4.69, 9.17) is 0 Å². The molecule has 0 heterocycles. The van der Waals surface area contributed by atoms with Crippen molar-refractivity contribution in [3.8, 4) is 11.1 Å². The Morgan fingerprint density at radius 1 is 0.857 bits per heavy atom. The van der Waals surface area contributed by atoms with E-state index in [0.717, 1.165) is 12.8 Å². The van der Waals surface area contributed by atoms with E-state index in [0.29, 0.717) is 11.8 Å². The molecule has 0 saturated heterocycles. The van der Waals surface area contributed by atoms with Crippen LogP contribution in [0, 0.1) is 12.1 Å². The fourth-order valence-corrected chi connectivity index (χ4v) is 4.10. The second kappa shape index (κ2) is 15.4. The molecule has 0 unspecified atom stereocenters. The van der Waals surface area contributed by atoms with Crippen molar-refractivity contribution in [2.75, 3.05) is 0 Å². The van der Waals surface area contributed by atoms with Gasteiger partial charge >= 0.3 is 66.6 Å². The molecule has 2 aliphatic carbocycles. The zero-order valence-electron chi connectivity index (χ0n) is 21.3. The van der Waals surface area contributed by atoms with E-state index >= 15 is 0 Å². The fourth-order valence-electron chi connectivity index (χ4n) is 3.84. The third-order valence-electron chi connectivity index (χ3n) is 5.97. The Labute approximate surface area is 236 Å². The van der Waals surface area contributed by atoms with Gasteiger partial charge in [0.25, 0.3) is 0 Å². The zero-order chi connectivity index (χ0) is 23.8. The second-order valence-corrected chi connectivity index (χ2v) is 10.4. The minimum absolute atomic E-state index is 0. The molecule has 0 radical (unpaired) electrons. The first-order valence-electron chi connectivity index (χ1n) is 11.9. The van der Waals surface area contributed by atoms with Crippen LogP contribution in [0.3, 0.4) is 0 Å². The van der Waals surface area contributed by atoms with E-state index in [2.05, 4.69) is 127 Å². The maximum Gasteiger partial charge on any atom is -0.109 e. The number of hydrogen-bond acceptors (Lipinski definition) is 0. The Balaban J connectivity index is 0.000000319. The number of hydrogen-bond donors (Lipinski definition) is 0. The number of allylic oxidation sites excluding steroid dienone is 4. The molecule has 3 aromatic rings. The van der Waals surface area contributed by atoms with Gasteiger partial charge in [-0.15, -0.1) is 12.0 Å². The molecule has 0 saturated carbocycles. The number of halogens is 2. The van der Waals surface area contributed by atoms with Gasteiger partial charge in [-0.3, -0.25) is 6.08 Å². The van der Waals surface area contributed by atoms with Gasteiger partial charge in [0.1, 0.15) is 0 Å². The average molecular weight is 537 g/mol. The van der Waals surface area contributed by atoms with Gasteiger partial charge in [-0.1, -0.05) is 62.9 Å². The summed E-state index contributed by atoms with van der Waals surface area (Å²) in [6, 6.07) is 25.4. The first-order valence-corrected chi connectivity index (χ1v) is 12.6. The molecule has 0 bridgehead atoms. The standard InChI is InChI=1S/C19H21.C8H8.C5H5.2ClH.Ti/c1-12(2)14-5-7-16-9-17-8-6-15(13(3)4)11-19(17)18(16)10-14;1-2-8-6-4-3-5-7-8;1-2-4-5-3-1;;;/h5-7,10-13H,9H2,1-4H3;3-7H,1H3;1-3H,4H2;2*1H;/q-1;;-1;;;+2/p-2. The number of benzene rings is 3.